The zero-order valence-corrected chi connectivity index (χ0v) is 10.2. The molecule has 1 rings (SSSR count). The van der Waals surface area contributed by atoms with Crippen LogP contribution in [0.25, 0.3) is 0 Å². The highest BCUT2D eigenvalue weighted by molar-refractivity contribution is 5.67. The van der Waals surface area contributed by atoms with Crippen molar-refractivity contribution in [1.29, 1.82) is 0 Å². The first-order valence-electron chi connectivity index (χ1n) is 5.65. The number of nitrogens with one attached hydrogen (secondary N) is 1. The molecule has 1 aliphatic rings. The molecule has 0 unspecified atom stereocenters. The first-order chi connectivity index (χ1) is 6.88. The zero-order chi connectivity index (χ0) is 11.5. The van der Waals surface area contributed by atoms with E-state index in [0.29, 0.717) is 6.04 Å². The highest BCUT2D eigenvalue weighted by atomic mass is 16.6. The highest BCUT2D eigenvalue weighted by Crippen LogP contribution is 2.14. The van der Waals surface area contributed by atoms with Crippen LogP contribution < -0.4 is 5.43 Å². The second-order valence-electron chi connectivity index (χ2n) is 5.15. The van der Waals surface area contributed by atoms with Crippen LogP contribution in [-0.4, -0.2) is 29.3 Å². The zero-order valence-electron chi connectivity index (χ0n) is 10.2. The molecule has 15 heavy (non-hydrogen) atoms. The van der Waals surface area contributed by atoms with Crippen LogP contribution in [0, 0.1) is 0 Å². The number of nitrogens with zero attached hydrogens (tertiary/aromatic N) is 1. The molecule has 1 atom stereocenters. The third-order valence-corrected chi connectivity index (χ3v) is 2.44. The topological polar surface area (TPSA) is 41.6 Å². The van der Waals surface area contributed by atoms with Crippen LogP contribution in [0.4, 0.5) is 4.79 Å². The van der Waals surface area contributed by atoms with Gasteiger partial charge in [-0.2, -0.15) is 0 Å². The van der Waals surface area contributed by atoms with Crippen molar-refractivity contribution in [3.05, 3.63) is 0 Å². The van der Waals surface area contributed by atoms with Gasteiger partial charge in [-0.15, -0.1) is 0 Å². The summed E-state index contributed by atoms with van der Waals surface area (Å²) in [5, 5.41) is 1.97. The average Bonchev–Trinajstić information content (AvgIpc) is 2.05. The predicted molar refractivity (Wildman–Crippen MR) is 59.4 cm³/mol. The fourth-order valence-electron chi connectivity index (χ4n) is 1.68. The van der Waals surface area contributed by atoms with Gasteiger partial charge in [-0.3, -0.25) is 5.43 Å². The van der Waals surface area contributed by atoms with Gasteiger partial charge in [-0.25, -0.2) is 9.80 Å². The smallest absolute Gasteiger partial charge is 0.422 e. The largest absolute Gasteiger partial charge is 0.443 e. The van der Waals surface area contributed by atoms with Crippen LogP contribution in [0.5, 0.6) is 0 Å². The summed E-state index contributed by atoms with van der Waals surface area (Å²) in [6.07, 6.45) is 3.17. The van der Waals surface area contributed by atoms with Crippen LogP contribution in [0.3, 0.4) is 0 Å². The Bertz CT molecular complexity index is 223. The van der Waals surface area contributed by atoms with E-state index < -0.39 is 5.60 Å². The lowest BCUT2D eigenvalue weighted by molar-refractivity contribution is 0.0194. The number of ether oxygens (including phenoxy) is 1. The molecule has 1 fully saturated rings. The average molecular weight is 214 g/mol. The summed E-state index contributed by atoms with van der Waals surface area (Å²) in [6.45, 7) is 8.64. The third kappa shape index (κ3) is 4.51. The second kappa shape index (κ2) is 4.84. The number of hydrogen-bond donors (Lipinski definition) is 1. The third-order valence-electron chi connectivity index (χ3n) is 2.44. The number of amides is 1. The van der Waals surface area contributed by atoms with E-state index in [9.17, 15) is 4.79 Å². The van der Waals surface area contributed by atoms with Crippen molar-refractivity contribution in [2.45, 2.75) is 58.6 Å². The number of piperidine rings is 1. The molecule has 1 amide bonds. The molecule has 0 bridgehead atoms. The second-order valence-corrected chi connectivity index (χ2v) is 5.15. The van der Waals surface area contributed by atoms with Crippen molar-refractivity contribution in [2.75, 3.05) is 6.54 Å². The molecular weight excluding hydrogens is 192 g/mol. The van der Waals surface area contributed by atoms with Gasteiger partial charge in [0.25, 0.3) is 0 Å². The van der Waals surface area contributed by atoms with Crippen molar-refractivity contribution in [3.8, 4) is 0 Å². The van der Waals surface area contributed by atoms with Gasteiger partial charge < -0.3 is 4.74 Å². The van der Waals surface area contributed by atoms with E-state index in [1.807, 2.05) is 25.8 Å². The molecule has 0 aromatic carbocycles. The van der Waals surface area contributed by atoms with E-state index in [1.165, 1.54) is 6.42 Å². The van der Waals surface area contributed by atoms with E-state index in [-0.39, 0.29) is 6.09 Å². The predicted octanol–water partition coefficient (Wildman–Crippen LogP) is 2.30. The van der Waals surface area contributed by atoms with Crippen LogP contribution in [0.1, 0.15) is 47.0 Å². The Morgan fingerprint density at radius 1 is 1.40 bits per heavy atom. The summed E-state index contributed by atoms with van der Waals surface area (Å²) in [6, 6.07) is 0.409. The number of carbonyl (C=O) groups excluding carboxylic acids is 1. The number of hydrogen-bond acceptors (Lipinski definition) is 3. The maximum atomic E-state index is 11.5. The molecule has 0 spiro atoms. The minimum atomic E-state index is -0.427. The summed E-state index contributed by atoms with van der Waals surface area (Å²) in [7, 11) is 0. The van der Waals surface area contributed by atoms with Crippen molar-refractivity contribution >= 4 is 6.09 Å². The molecule has 0 saturated carbocycles. The van der Waals surface area contributed by atoms with Gasteiger partial charge in [0.15, 0.2) is 0 Å². The van der Waals surface area contributed by atoms with Crippen molar-refractivity contribution < 1.29 is 9.53 Å². The summed E-state index contributed by atoms with van der Waals surface area (Å²) in [5.74, 6) is 0. The fraction of sp³-hybridized carbons (Fsp3) is 0.909. The van der Waals surface area contributed by atoms with E-state index >= 15 is 0 Å². The van der Waals surface area contributed by atoms with Gasteiger partial charge in [0.05, 0.1) is 0 Å². The maximum absolute atomic E-state index is 11.5. The Hall–Kier alpha value is -0.770. The van der Waals surface area contributed by atoms with Gasteiger partial charge in [0.2, 0.25) is 0 Å². The Morgan fingerprint density at radius 3 is 2.60 bits per heavy atom. The van der Waals surface area contributed by atoms with Gasteiger partial charge in [-0.05, 0) is 40.5 Å². The lowest BCUT2D eigenvalue weighted by Gasteiger charge is -2.33. The summed E-state index contributed by atoms with van der Waals surface area (Å²) >= 11 is 0. The molecule has 1 aliphatic heterocycles. The van der Waals surface area contributed by atoms with Gasteiger partial charge >= 0.3 is 6.09 Å². The van der Waals surface area contributed by atoms with Crippen molar-refractivity contribution in [1.82, 2.24) is 10.4 Å². The van der Waals surface area contributed by atoms with Gasteiger partial charge in [-0.1, -0.05) is 6.42 Å². The minimum absolute atomic E-state index is 0.351. The lowest BCUT2D eigenvalue weighted by atomic mass is 10.1. The molecule has 1 heterocycles. The SMILES string of the molecule is C[C@H]1CCCCN1NC(=O)OC(C)(C)C. The fourth-order valence-corrected chi connectivity index (χ4v) is 1.68. The molecule has 0 aliphatic carbocycles. The first-order valence-corrected chi connectivity index (χ1v) is 5.65. The summed E-state index contributed by atoms with van der Waals surface area (Å²) in [5.41, 5.74) is 2.37. The Labute approximate surface area is 91.9 Å². The van der Waals surface area contributed by atoms with E-state index in [2.05, 4.69) is 12.3 Å². The van der Waals surface area contributed by atoms with Crippen LogP contribution >= 0.6 is 0 Å². The molecule has 4 nitrogen and oxygen atoms in total. The highest BCUT2D eigenvalue weighted by Gasteiger charge is 2.22. The molecule has 0 aromatic rings. The van der Waals surface area contributed by atoms with E-state index in [0.717, 1.165) is 19.4 Å². The minimum Gasteiger partial charge on any atom is -0.443 e. The monoisotopic (exact) mass is 214 g/mol. The van der Waals surface area contributed by atoms with Crippen LogP contribution in [0.15, 0.2) is 0 Å². The summed E-state index contributed by atoms with van der Waals surface area (Å²) < 4.78 is 5.20. The Kier molecular flexibility index (Phi) is 3.97. The molecule has 88 valence electrons. The lowest BCUT2D eigenvalue weighted by Crippen LogP contribution is -2.51. The molecular formula is C11H22N2O2. The molecule has 0 radical (unpaired) electrons. The molecule has 1 N–H and O–H groups in total. The Morgan fingerprint density at radius 2 is 2.07 bits per heavy atom. The first kappa shape index (κ1) is 12.3. The summed E-state index contributed by atoms with van der Waals surface area (Å²) in [4.78, 5) is 11.5. The quantitative estimate of drug-likeness (QED) is 0.728. The standard InChI is InChI=1S/C11H22N2O2/c1-9-7-5-6-8-13(9)12-10(14)15-11(2,3)4/h9H,5-8H2,1-4H3,(H,12,14)/t9-/m0/s1. The normalized spacial score (nSPS) is 23.6. The van der Waals surface area contributed by atoms with E-state index in [1.54, 1.807) is 0 Å². The number of rotatable bonds is 1. The molecule has 4 heteroatoms. The molecule has 0 aromatic heterocycles. The molecule has 1 saturated heterocycles. The number of carbonyl (C=O) groups is 1. The van der Waals surface area contributed by atoms with Crippen LogP contribution in [-0.2, 0) is 4.74 Å². The van der Waals surface area contributed by atoms with Gasteiger partial charge in [0.1, 0.15) is 5.60 Å². The van der Waals surface area contributed by atoms with Crippen LogP contribution in [0.2, 0.25) is 0 Å². The Balaban J connectivity index is 2.36. The van der Waals surface area contributed by atoms with Crippen molar-refractivity contribution in [2.24, 2.45) is 0 Å². The van der Waals surface area contributed by atoms with Gasteiger partial charge in [0, 0.05) is 12.6 Å². The number of hydrazine groups is 1. The van der Waals surface area contributed by atoms with E-state index in [4.69, 9.17) is 4.74 Å². The maximum Gasteiger partial charge on any atom is 0.422 e. The van der Waals surface area contributed by atoms with Crippen molar-refractivity contribution in [3.63, 3.8) is 0 Å².